The number of sulfonamides is 1. The summed E-state index contributed by atoms with van der Waals surface area (Å²) in [6.07, 6.45) is 0. The summed E-state index contributed by atoms with van der Waals surface area (Å²) in [5.41, 5.74) is 1.12. The number of primary sulfonamides is 1. The SMILES string of the molecule is CC(NC(=O)c1ccc(Cl)cc1)c1cccc(S(N)(=O)=O)c1. The van der Waals surface area contributed by atoms with Gasteiger partial charge < -0.3 is 5.32 Å². The maximum Gasteiger partial charge on any atom is 0.251 e. The molecule has 0 aromatic heterocycles. The molecule has 3 N–H and O–H groups in total. The zero-order valence-electron chi connectivity index (χ0n) is 11.8. The zero-order valence-corrected chi connectivity index (χ0v) is 13.4. The Kier molecular flexibility index (Phi) is 4.85. The number of nitrogens with two attached hydrogens (primary N) is 1. The van der Waals surface area contributed by atoms with Gasteiger partial charge in [0.2, 0.25) is 10.0 Å². The van der Waals surface area contributed by atoms with Crippen molar-refractivity contribution in [2.45, 2.75) is 17.9 Å². The monoisotopic (exact) mass is 338 g/mol. The number of amides is 1. The van der Waals surface area contributed by atoms with Crippen LogP contribution in [0.4, 0.5) is 0 Å². The molecule has 0 aliphatic heterocycles. The Balaban J connectivity index is 2.17. The number of benzene rings is 2. The Bertz CT molecular complexity index is 789. The van der Waals surface area contributed by atoms with Crippen molar-refractivity contribution in [1.82, 2.24) is 5.32 Å². The molecule has 22 heavy (non-hydrogen) atoms. The summed E-state index contributed by atoms with van der Waals surface area (Å²) in [4.78, 5) is 12.1. The lowest BCUT2D eigenvalue weighted by Gasteiger charge is -2.15. The van der Waals surface area contributed by atoms with Crippen molar-refractivity contribution < 1.29 is 13.2 Å². The largest absolute Gasteiger partial charge is 0.346 e. The van der Waals surface area contributed by atoms with Gasteiger partial charge >= 0.3 is 0 Å². The van der Waals surface area contributed by atoms with Gasteiger partial charge in [-0.05, 0) is 48.9 Å². The first-order valence-electron chi connectivity index (χ1n) is 6.46. The minimum Gasteiger partial charge on any atom is -0.346 e. The van der Waals surface area contributed by atoms with E-state index in [2.05, 4.69) is 5.32 Å². The van der Waals surface area contributed by atoms with E-state index >= 15 is 0 Å². The average Bonchev–Trinajstić information content (AvgIpc) is 2.47. The van der Waals surface area contributed by atoms with Crippen molar-refractivity contribution in [3.05, 3.63) is 64.7 Å². The summed E-state index contributed by atoms with van der Waals surface area (Å²) < 4.78 is 22.7. The second kappa shape index (κ2) is 6.48. The minimum absolute atomic E-state index is 0.0117. The normalized spacial score (nSPS) is 12.7. The second-order valence-electron chi connectivity index (χ2n) is 4.82. The van der Waals surface area contributed by atoms with Crippen molar-refractivity contribution in [2.24, 2.45) is 5.14 Å². The van der Waals surface area contributed by atoms with E-state index in [1.165, 1.54) is 12.1 Å². The van der Waals surface area contributed by atoms with E-state index < -0.39 is 10.0 Å². The van der Waals surface area contributed by atoms with Gasteiger partial charge in [-0.15, -0.1) is 0 Å². The lowest BCUT2D eigenvalue weighted by atomic mass is 10.1. The molecule has 0 aliphatic carbocycles. The van der Waals surface area contributed by atoms with Gasteiger partial charge in [-0.3, -0.25) is 4.79 Å². The number of carbonyl (C=O) groups excluding carboxylic acids is 1. The lowest BCUT2D eigenvalue weighted by Crippen LogP contribution is -2.26. The Labute approximate surface area is 134 Å². The molecular weight excluding hydrogens is 324 g/mol. The molecule has 0 radical (unpaired) electrons. The van der Waals surface area contributed by atoms with Gasteiger partial charge in [0, 0.05) is 10.6 Å². The van der Waals surface area contributed by atoms with Crippen LogP contribution in [0.25, 0.3) is 0 Å². The molecule has 7 heteroatoms. The number of carbonyl (C=O) groups is 1. The number of hydrogen-bond acceptors (Lipinski definition) is 3. The lowest BCUT2D eigenvalue weighted by molar-refractivity contribution is 0.0940. The van der Waals surface area contributed by atoms with Crippen molar-refractivity contribution in [1.29, 1.82) is 0 Å². The van der Waals surface area contributed by atoms with Crippen LogP contribution in [-0.4, -0.2) is 14.3 Å². The van der Waals surface area contributed by atoms with Crippen molar-refractivity contribution in [3.8, 4) is 0 Å². The molecule has 0 heterocycles. The highest BCUT2D eigenvalue weighted by atomic mass is 35.5. The van der Waals surface area contributed by atoms with Gasteiger partial charge in [-0.25, -0.2) is 13.6 Å². The summed E-state index contributed by atoms with van der Waals surface area (Å²) in [6.45, 7) is 1.76. The first-order chi connectivity index (χ1) is 10.3. The highest BCUT2D eigenvalue weighted by Crippen LogP contribution is 2.17. The topological polar surface area (TPSA) is 89.3 Å². The summed E-state index contributed by atoms with van der Waals surface area (Å²) in [7, 11) is -3.77. The van der Waals surface area contributed by atoms with Gasteiger partial charge in [-0.1, -0.05) is 23.7 Å². The molecule has 1 amide bonds. The molecule has 2 rings (SSSR count). The van der Waals surface area contributed by atoms with Crippen LogP contribution in [0.2, 0.25) is 5.02 Å². The molecule has 1 atom stereocenters. The standard InChI is InChI=1S/C15H15ClN2O3S/c1-10(12-3-2-4-14(9-12)22(17,20)21)18-15(19)11-5-7-13(16)8-6-11/h2-10H,1H3,(H,18,19)(H2,17,20,21). The van der Waals surface area contributed by atoms with Crippen LogP contribution in [-0.2, 0) is 10.0 Å². The van der Waals surface area contributed by atoms with Crippen LogP contribution in [0.15, 0.2) is 53.4 Å². The van der Waals surface area contributed by atoms with E-state index in [0.717, 1.165) is 0 Å². The zero-order chi connectivity index (χ0) is 16.3. The summed E-state index contributed by atoms with van der Waals surface area (Å²) in [5, 5.41) is 8.44. The Hall–Kier alpha value is -1.89. The van der Waals surface area contributed by atoms with Crippen molar-refractivity contribution in [3.63, 3.8) is 0 Å². The molecule has 0 aliphatic rings. The molecule has 1 unspecified atom stereocenters. The molecule has 116 valence electrons. The average molecular weight is 339 g/mol. The van der Waals surface area contributed by atoms with E-state index in [9.17, 15) is 13.2 Å². The molecule has 2 aromatic carbocycles. The molecule has 5 nitrogen and oxygen atoms in total. The summed E-state index contributed by atoms with van der Waals surface area (Å²) >= 11 is 5.78. The quantitative estimate of drug-likeness (QED) is 0.897. The van der Waals surface area contributed by atoms with Gasteiger partial charge in [0.15, 0.2) is 0 Å². The third-order valence-electron chi connectivity index (χ3n) is 3.14. The summed E-state index contributed by atoms with van der Waals surface area (Å²) in [6, 6.07) is 12.3. The van der Waals surface area contributed by atoms with Gasteiger partial charge in [-0.2, -0.15) is 0 Å². The van der Waals surface area contributed by atoms with Crippen LogP contribution in [0.3, 0.4) is 0 Å². The van der Waals surface area contributed by atoms with E-state index in [-0.39, 0.29) is 16.8 Å². The molecule has 0 fully saturated rings. The van der Waals surface area contributed by atoms with E-state index in [1.807, 2.05) is 0 Å². The van der Waals surface area contributed by atoms with E-state index in [4.69, 9.17) is 16.7 Å². The fraction of sp³-hybridized carbons (Fsp3) is 0.133. The molecule has 0 spiro atoms. The molecule has 2 aromatic rings. The van der Waals surface area contributed by atoms with E-state index in [0.29, 0.717) is 16.1 Å². The maximum absolute atomic E-state index is 12.1. The first kappa shape index (κ1) is 16.5. The Morgan fingerprint density at radius 3 is 2.41 bits per heavy atom. The number of rotatable bonds is 4. The van der Waals surface area contributed by atoms with Crippen molar-refractivity contribution >= 4 is 27.5 Å². The van der Waals surface area contributed by atoms with Gasteiger partial charge in [0.25, 0.3) is 5.91 Å². The maximum atomic E-state index is 12.1. The van der Waals surface area contributed by atoms with Crippen LogP contribution < -0.4 is 10.5 Å². The fourth-order valence-corrected chi connectivity index (χ4v) is 2.62. The highest BCUT2D eigenvalue weighted by Gasteiger charge is 2.14. The highest BCUT2D eigenvalue weighted by molar-refractivity contribution is 7.89. The fourth-order valence-electron chi connectivity index (χ4n) is 1.93. The predicted octanol–water partition coefficient (Wildman–Crippen LogP) is 2.48. The first-order valence-corrected chi connectivity index (χ1v) is 8.39. The van der Waals surface area contributed by atoms with Crippen LogP contribution in [0.5, 0.6) is 0 Å². The number of halogens is 1. The second-order valence-corrected chi connectivity index (χ2v) is 6.82. The minimum atomic E-state index is -3.77. The molecule has 0 saturated carbocycles. The Morgan fingerprint density at radius 1 is 1.18 bits per heavy atom. The number of nitrogens with one attached hydrogen (secondary N) is 1. The third-order valence-corrected chi connectivity index (χ3v) is 4.30. The summed E-state index contributed by atoms with van der Waals surface area (Å²) in [5.74, 6) is -0.273. The third kappa shape index (κ3) is 4.07. The predicted molar refractivity (Wildman–Crippen MR) is 85.1 cm³/mol. The van der Waals surface area contributed by atoms with Gasteiger partial charge in [0.1, 0.15) is 0 Å². The van der Waals surface area contributed by atoms with Crippen molar-refractivity contribution in [2.75, 3.05) is 0 Å². The van der Waals surface area contributed by atoms with Crippen LogP contribution in [0, 0.1) is 0 Å². The Morgan fingerprint density at radius 2 is 1.82 bits per heavy atom. The smallest absolute Gasteiger partial charge is 0.251 e. The van der Waals surface area contributed by atoms with E-state index in [1.54, 1.807) is 43.3 Å². The van der Waals surface area contributed by atoms with Crippen LogP contribution in [0.1, 0.15) is 28.9 Å². The molecule has 0 saturated heterocycles. The van der Waals surface area contributed by atoms with Crippen LogP contribution >= 0.6 is 11.6 Å². The number of hydrogen-bond donors (Lipinski definition) is 2. The molecule has 0 bridgehead atoms. The molecular formula is C15H15ClN2O3S. The van der Waals surface area contributed by atoms with Gasteiger partial charge in [0.05, 0.1) is 10.9 Å².